The van der Waals surface area contributed by atoms with Gasteiger partial charge in [0.25, 0.3) is 5.91 Å². The summed E-state index contributed by atoms with van der Waals surface area (Å²) in [6.45, 7) is 8.40. The molecule has 198 valence electrons. The first-order chi connectivity index (χ1) is 17.9. The van der Waals surface area contributed by atoms with E-state index >= 15 is 0 Å². The van der Waals surface area contributed by atoms with Crippen molar-refractivity contribution in [1.82, 2.24) is 24.4 Å². The van der Waals surface area contributed by atoms with Crippen LogP contribution in [0, 0.1) is 13.8 Å². The van der Waals surface area contributed by atoms with Gasteiger partial charge in [-0.1, -0.05) is 13.3 Å². The molecule has 1 saturated heterocycles. The molecule has 2 N–H and O–H groups in total. The Labute approximate surface area is 219 Å². The molecule has 1 amide bonds. The number of hydrogen-bond donors (Lipinski definition) is 2. The lowest BCUT2D eigenvalue weighted by Crippen LogP contribution is -2.38. The normalized spacial score (nSPS) is 20.9. The summed E-state index contributed by atoms with van der Waals surface area (Å²) in [5.74, 6) is 1.15. The third-order valence-corrected chi connectivity index (χ3v) is 8.03. The van der Waals surface area contributed by atoms with Crippen molar-refractivity contribution < 1.29 is 9.90 Å². The van der Waals surface area contributed by atoms with Crippen LogP contribution < -0.4 is 5.32 Å². The number of amides is 1. The summed E-state index contributed by atoms with van der Waals surface area (Å²) >= 11 is 0. The van der Waals surface area contributed by atoms with Crippen molar-refractivity contribution in [2.75, 3.05) is 25.0 Å². The Balaban J connectivity index is 1.37. The molecule has 1 aliphatic carbocycles. The Morgan fingerprint density at radius 3 is 2.43 bits per heavy atom. The summed E-state index contributed by atoms with van der Waals surface area (Å²) in [6.07, 6.45) is 11.8. The van der Waals surface area contributed by atoms with Gasteiger partial charge < -0.3 is 19.9 Å². The molecular formula is C29H40N6O2. The zero-order valence-electron chi connectivity index (χ0n) is 22.4. The van der Waals surface area contributed by atoms with E-state index < -0.39 is 0 Å². The van der Waals surface area contributed by atoms with E-state index in [1.54, 1.807) is 0 Å². The van der Waals surface area contributed by atoms with Gasteiger partial charge in [-0.2, -0.15) is 4.98 Å². The Morgan fingerprint density at radius 1 is 1.05 bits per heavy atom. The standard InChI is InChI=1S/C29H40N6O2/c1-4-5-12-30-29-31-17-25-26(18-35(27(25)33-29)23-6-8-24(36)9-7-23)21-10-13-34(14-11-21)28(37)22-15-19(2)32-20(3)16-22/h15-18,21,23-24,36H,4-14H2,1-3H3,(H,30,31,33). The lowest BCUT2D eigenvalue weighted by molar-refractivity contribution is 0.0712. The fraction of sp³-hybridized carbons (Fsp3) is 0.586. The number of aromatic nitrogens is 4. The molecule has 2 aliphatic rings. The fourth-order valence-corrected chi connectivity index (χ4v) is 5.99. The van der Waals surface area contributed by atoms with E-state index in [0.717, 1.165) is 99.0 Å². The highest BCUT2D eigenvalue weighted by Gasteiger charge is 2.30. The number of unbranched alkanes of at least 4 members (excludes halogenated alkanes) is 1. The van der Waals surface area contributed by atoms with Crippen LogP contribution in [-0.4, -0.2) is 61.2 Å². The SMILES string of the molecule is CCCCNc1ncc2c(C3CCN(C(=O)c4cc(C)nc(C)c4)CC3)cn(C3CCC(O)CC3)c2n1. The Hall–Kier alpha value is -3.00. The molecule has 3 aromatic rings. The van der Waals surface area contributed by atoms with Crippen LogP contribution in [0.3, 0.4) is 0 Å². The summed E-state index contributed by atoms with van der Waals surface area (Å²) < 4.78 is 2.35. The van der Waals surface area contributed by atoms with Crippen LogP contribution in [0.15, 0.2) is 24.5 Å². The molecule has 8 nitrogen and oxygen atoms in total. The number of nitrogens with one attached hydrogen (secondary N) is 1. The van der Waals surface area contributed by atoms with Crippen LogP contribution in [0.2, 0.25) is 0 Å². The smallest absolute Gasteiger partial charge is 0.253 e. The number of piperidine rings is 1. The zero-order chi connectivity index (χ0) is 25.9. The Bertz CT molecular complexity index is 1220. The molecule has 5 rings (SSSR count). The van der Waals surface area contributed by atoms with Crippen molar-refractivity contribution in [1.29, 1.82) is 0 Å². The molecule has 2 fully saturated rings. The van der Waals surface area contributed by atoms with Crippen molar-refractivity contribution in [3.8, 4) is 0 Å². The molecule has 4 heterocycles. The quantitative estimate of drug-likeness (QED) is 0.432. The molecule has 0 spiro atoms. The van der Waals surface area contributed by atoms with Crippen LogP contribution in [0.5, 0.6) is 0 Å². The van der Waals surface area contributed by atoms with E-state index in [1.165, 1.54) is 5.56 Å². The number of anilines is 1. The third kappa shape index (κ3) is 5.64. The molecular weight excluding hydrogens is 464 g/mol. The van der Waals surface area contributed by atoms with Gasteiger partial charge in [0.2, 0.25) is 5.95 Å². The summed E-state index contributed by atoms with van der Waals surface area (Å²) in [7, 11) is 0. The molecule has 0 bridgehead atoms. The Kier molecular flexibility index (Phi) is 7.74. The number of aliphatic hydroxyl groups is 1. The lowest BCUT2D eigenvalue weighted by atomic mass is 9.89. The molecule has 8 heteroatoms. The number of carbonyl (C=O) groups excluding carboxylic acids is 1. The lowest BCUT2D eigenvalue weighted by Gasteiger charge is -2.32. The van der Waals surface area contributed by atoms with Crippen LogP contribution in [-0.2, 0) is 0 Å². The van der Waals surface area contributed by atoms with E-state index in [1.807, 2.05) is 37.1 Å². The first-order valence-electron chi connectivity index (χ1n) is 14.0. The van der Waals surface area contributed by atoms with Crippen molar-refractivity contribution >= 4 is 22.9 Å². The highest BCUT2D eigenvalue weighted by atomic mass is 16.3. The third-order valence-electron chi connectivity index (χ3n) is 8.03. The molecule has 0 aromatic carbocycles. The largest absolute Gasteiger partial charge is 0.393 e. The second kappa shape index (κ2) is 11.2. The summed E-state index contributed by atoms with van der Waals surface area (Å²) in [5.41, 5.74) is 4.78. The number of hydrogen-bond acceptors (Lipinski definition) is 6. The second-order valence-electron chi connectivity index (χ2n) is 10.9. The fourth-order valence-electron chi connectivity index (χ4n) is 5.99. The summed E-state index contributed by atoms with van der Waals surface area (Å²) in [6, 6.07) is 4.12. The van der Waals surface area contributed by atoms with Crippen LogP contribution in [0.1, 0.15) is 97.6 Å². The molecule has 1 aliphatic heterocycles. The van der Waals surface area contributed by atoms with Gasteiger partial charge in [-0.05, 0) is 82.4 Å². The topological polar surface area (TPSA) is 96.2 Å². The second-order valence-corrected chi connectivity index (χ2v) is 10.9. The zero-order valence-corrected chi connectivity index (χ0v) is 22.4. The van der Waals surface area contributed by atoms with Gasteiger partial charge in [0.1, 0.15) is 5.65 Å². The van der Waals surface area contributed by atoms with Crippen LogP contribution >= 0.6 is 0 Å². The van der Waals surface area contributed by atoms with Crippen molar-refractivity contribution in [3.05, 3.63) is 47.0 Å². The minimum absolute atomic E-state index is 0.0985. The van der Waals surface area contributed by atoms with E-state index in [-0.39, 0.29) is 12.0 Å². The first-order valence-corrected chi connectivity index (χ1v) is 14.0. The Morgan fingerprint density at radius 2 is 1.76 bits per heavy atom. The minimum atomic E-state index is -0.187. The van der Waals surface area contributed by atoms with Crippen LogP contribution in [0.25, 0.3) is 11.0 Å². The maximum atomic E-state index is 13.2. The van der Waals surface area contributed by atoms with E-state index in [9.17, 15) is 9.90 Å². The highest BCUT2D eigenvalue weighted by Crippen LogP contribution is 2.38. The van der Waals surface area contributed by atoms with Crippen molar-refractivity contribution in [3.63, 3.8) is 0 Å². The van der Waals surface area contributed by atoms with E-state index in [4.69, 9.17) is 4.98 Å². The molecule has 3 aromatic heterocycles. The number of aliphatic hydroxyl groups excluding tert-OH is 1. The highest BCUT2D eigenvalue weighted by molar-refractivity contribution is 5.94. The molecule has 0 atom stereocenters. The number of aryl methyl sites for hydroxylation is 2. The average Bonchev–Trinajstić information content (AvgIpc) is 3.27. The number of fused-ring (bicyclic) bond motifs is 1. The van der Waals surface area contributed by atoms with Gasteiger partial charge in [-0.25, -0.2) is 4.98 Å². The average molecular weight is 505 g/mol. The van der Waals surface area contributed by atoms with Gasteiger partial charge in [-0.15, -0.1) is 0 Å². The van der Waals surface area contributed by atoms with Crippen LogP contribution in [0.4, 0.5) is 5.95 Å². The maximum Gasteiger partial charge on any atom is 0.253 e. The number of nitrogens with zero attached hydrogens (tertiary/aromatic N) is 5. The predicted molar refractivity (Wildman–Crippen MR) is 146 cm³/mol. The van der Waals surface area contributed by atoms with Gasteiger partial charge in [0.15, 0.2) is 0 Å². The monoisotopic (exact) mass is 504 g/mol. The summed E-state index contributed by atoms with van der Waals surface area (Å²) in [5, 5.41) is 14.6. The molecule has 0 unspecified atom stereocenters. The predicted octanol–water partition coefficient (Wildman–Crippen LogP) is 5.15. The van der Waals surface area contributed by atoms with Gasteiger partial charge in [-0.3, -0.25) is 9.78 Å². The number of pyridine rings is 1. The summed E-state index contributed by atoms with van der Waals surface area (Å²) in [4.78, 5) is 29.2. The van der Waals surface area contributed by atoms with Gasteiger partial charge >= 0.3 is 0 Å². The maximum absolute atomic E-state index is 13.2. The van der Waals surface area contributed by atoms with E-state index in [0.29, 0.717) is 17.9 Å². The van der Waals surface area contributed by atoms with E-state index in [2.05, 4.69) is 33.0 Å². The molecule has 37 heavy (non-hydrogen) atoms. The van der Waals surface area contributed by atoms with Gasteiger partial charge in [0, 0.05) is 60.4 Å². The molecule has 1 saturated carbocycles. The first kappa shape index (κ1) is 25.6. The number of likely N-dealkylation sites (tertiary alicyclic amines) is 1. The van der Waals surface area contributed by atoms with Crippen molar-refractivity contribution in [2.24, 2.45) is 0 Å². The number of rotatable bonds is 7. The van der Waals surface area contributed by atoms with Gasteiger partial charge in [0.05, 0.1) is 6.10 Å². The minimum Gasteiger partial charge on any atom is -0.393 e. The molecule has 0 radical (unpaired) electrons. The number of carbonyl (C=O) groups is 1. The van der Waals surface area contributed by atoms with Crippen molar-refractivity contribution in [2.45, 2.75) is 90.2 Å².